The normalized spacial score (nSPS) is 13.8. The molecule has 15 heteroatoms. The molecular formula is C22H34N8O7. The number of aliphatic carboxylic acids is 1. The van der Waals surface area contributed by atoms with Gasteiger partial charge in [0.25, 0.3) is 0 Å². The summed E-state index contributed by atoms with van der Waals surface area (Å²) in [5.74, 6) is -5.13. The number of nitrogens with zero attached hydrogens (tertiary/aromatic N) is 1. The second kappa shape index (κ2) is 15.7. The summed E-state index contributed by atoms with van der Waals surface area (Å²) in [5, 5.41) is 25.7. The smallest absolute Gasteiger partial charge is 0.326 e. The number of hydrogen-bond donors (Lipinski definition) is 9. The summed E-state index contributed by atoms with van der Waals surface area (Å²) in [6.07, 6.45) is -0.0372. The van der Waals surface area contributed by atoms with Crippen molar-refractivity contribution in [1.29, 1.82) is 0 Å². The number of aliphatic imine (C=N–C) groups is 1. The van der Waals surface area contributed by atoms with E-state index in [0.29, 0.717) is 12.0 Å². The Hall–Kier alpha value is -4.24. The van der Waals surface area contributed by atoms with Gasteiger partial charge in [0.05, 0.1) is 19.1 Å². The molecule has 204 valence electrons. The third-order valence-electron chi connectivity index (χ3n) is 5.06. The van der Waals surface area contributed by atoms with Crippen LogP contribution in [0.15, 0.2) is 35.3 Å². The molecule has 0 aliphatic heterocycles. The van der Waals surface area contributed by atoms with Gasteiger partial charge in [-0.15, -0.1) is 0 Å². The number of carboxylic acid groups (broad SMARTS) is 1. The van der Waals surface area contributed by atoms with Gasteiger partial charge in [-0.1, -0.05) is 30.3 Å². The third-order valence-corrected chi connectivity index (χ3v) is 5.06. The predicted molar refractivity (Wildman–Crippen MR) is 132 cm³/mol. The van der Waals surface area contributed by atoms with Crippen molar-refractivity contribution >= 4 is 35.6 Å². The van der Waals surface area contributed by atoms with Crippen LogP contribution in [-0.4, -0.2) is 83.1 Å². The van der Waals surface area contributed by atoms with Crippen LogP contribution in [0.2, 0.25) is 0 Å². The van der Waals surface area contributed by atoms with Crippen molar-refractivity contribution in [1.82, 2.24) is 16.0 Å². The molecule has 0 aromatic heterocycles. The van der Waals surface area contributed by atoms with E-state index < -0.39 is 66.8 Å². The highest BCUT2D eigenvalue weighted by molar-refractivity contribution is 5.95. The molecule has 15 nitrogen and oxygen atoms in total. The van der Waals surface area contributed by atoms with Crippen LogP contribution in [0, 0.1) is 0 Å². The molecule has 1 aromatic rings. The Balaban J connectivity index is 2.94. The molecule has 0 saturated carbocycles. The van der Waals surface area contributed by atoms with Crippen LogP contribution >= 0.6 is 0 Å². The lowest BCUT2D eigenvalue weighted by atomic mass is 10.0. The maximum atomic E-state index is 13.0. The molecule has 0 aliphatic carbocycles. The van der Waals surface area contributed by atoms with Crippen molar-refractivity contribution in [2.45, 2.75) is 49.9 Å². The molecule has 37 heavy (non-hydrogen) atoms. The highest BCUT2D eigenvalue weighted by atomic mass is 16.4. The summed E-state index contributed by atoms with van der Waals surface area (Å²) in [4.78, 5) is 64.3. The van der Waals surface area contributed by atoms with Crippen LogP contribution in [-0.2, 0) is 30.4 Å². The molecule has 0 saturated heterocycles. The first-order valence-corrected chi connectivity index (χ1v) is 11.3. The van der Waals surface area contributed by atoms with Gasteiger partial charge in [0, 0.05) is 13.0 Å². The quantitative estimate of drug-likeness (QED) is 0.0576. The molecule has 1 aromatic carbocycles. The van der Waals surface area contributed by atoms with Crippen LogP contribution in [0.1, 0.15) is 24.8 Å². The summed E-state index contributed by atoms with van der Waals surface area (Å²) >= 11 is 0. The van der Waals surface area contributed by atoms with Crippen LogP contribution < -0.4 is 38.9 Å². The Bertz CT molecular complexity index is 969. The maximum Gasteiger partial charge on any atom is 0.326 e. The van der Waals surface area contributed by atoms with E-state index in [0.717, 1.165) is 0 Å². The monoisotopic (exact) mass is 522 g/mol. The fraction of sp³-hybridized carbons (Fsp3) is 0.455. The number of carbonyl (C=O) groups is 5. The third kappa shape index (κ3) is 11.8. The number of carbonyl (C=O) groups excluding carboxylic acids is 4. The van der Waals surface area contributed by atoms with Gasteiger partial charge in [-0.25, -0.2) is 4.79 Å². The largest absolute Gasteiger partial charge is 0.480 e. The van der Waals surface area contributed by atoms with E-state index in [-0.39, 0.29) is 25.3 Å². The summed E-state index contributed by atoms with van der Waals surface area (Å²) in [6.45, 7) is -0.631. The van der Waals surface area contributed by atoms with Gasteiger partial charge in [0.2, 0.25) is 23.6 Å². The molecule has 1 rings (SSSR count). The van der Waals surface area contributed by atoms with E-state index in [9.17, 15) is 29.1 Å². The van der Waals surface area contributed by atoms with Crippen LogP contribution in [0.25, 0.3) is 0 Å². The number of carboxylic acids is 1. The van der Waals surface area contributed by atoms with Gasteiger partial charge in [0.15, 0.2) is 5.96 Å². The number of aliphatic hydroxyl groups is 1. The first kappa shape index (κ1) is 30.8. The highest BCUT2D eigenvalue weighted by Gasteiger charge is 2.30. The van der Waals surface area contributed by atoms with E-state index >= 15 is 0 Å². The maximum absolute atomic E-state index is 13.0. The van der Waals surface area contributed by atoms with Crippen LogP contribution in [0.4, 0.5) is 0 Å². The fourth-order valence-corrected chi connectivity index (χ4v) is 3.13. The van der Waals surface area contributed by atoms with Crippen molar-refractivity contribution in [3.8, 4) is 0 Å². The zero-order valence-electron chi connectivity index (χ0n) is 20.1. The van der Waals surface area contributed by atoms with Gasteiger partial charge in [-0.3, -0.25) is 24.2 Å². The van der Waals surface area contributed by atoms with Gasteiger partial charge in [-0.05, 0) is 18.4 Å². The lowest BCUT2D eigenvalue weighted by Crippen LogP contribution is -2.58. The minimum atomic E-state index is -1.66. The molecule has 4 unspecified atom stereocenters. The number of benzene rings is 1. The first-order valence-electron chi connectivity index (χ1n) is 11.3. The minimum absolute atomic E-state index is 0.0261. The zero-order chi connectivity index (χ0) is 28.0. The SMILES string of the molecule is NC(=O)CC(NC(=O)C(CO)NC(=O)C(Cc1ccccc1)NC(=O)C(N)CCCN=C(N)N)C(=O)O. The number of hydrogen-bond acceptors (Lipinski definition) is 8. The van der Waals surface area contributed by atoms with E-state index in [1.165, 1.54) is 0 Å². The number of guanidine groups is 1. The standard InChI is InChI=1S/C22H34N8O7/c23-13(7-4-8-27-22(25)26)18(33)28-14(9-12-5-2-1-3-6-12)19(34)30-16(11-31)20(35)29-15(21(36)37)10-17(24)32/h1-3,5-6,13-16,31H,4,7-11,23H2,(H2,24,32)(H,28,33)(H,29,35)(H,30,34)(H,36,37)(H4,25,26,27). The van der Waals surface area contributed by atoms with E-state index in [4.69, 9.17) is 28.0 Å². The molecule has 4 atom stereocenters. The van der Waals surface area contributed by atoms with Crippen LogP contribution in [0.3, 0.4) is 0 Å². The van der Waals surface area contributed by atoms with Crippen molar-refractivity contribution in [2.75, 3.05) is 13.2 Å². The molecule has 0 heterocycles. The summed E-state index contributed by atoms with van der Waals surface area (Å²) in [7, 11) is 0. The number of nitrogens with one attached hydrogen (secondary N) is 3. The minimum Gasteiger partial charge on any atom is -0.480 e. The van der Waals surface area contributed by atoms with Crippen molar-refractivity contribution in [3.05, 3.63) is 35.9 Å². The molecule has 0 spiro atoms. The number of amides is 4. The lowest BCUT2D eigenvalue weighted by Gasteiger charge is -2.24. The number of nitrogens with two attached hydrogens (primary N) is 4. The van der Waals surface area contributed by atoms with Crippen molar-refractivity contribution in [3.63, 3.8) is 0 Å². The second-order valence-corrected chi connectivity index (χ2v) is 8.12. The van der Waals surface area contributed by atoms with E-state index in [1.807, 2.05) is 5.32 Å². The molecule has 0 bridgehead atoms. The molecule has 13 N–H and O–H groups in total. The lowest BCUT2D eigenvalue weighted by molar-refractivity contribution is -0.144. The Morgan fingerprint density at radius 3 is 1.97 bits per heavy atom. The highest BCUT2D eigenvalue weighted by Crippen LogP contribution is 2.06. The Kier molecular flexibility index (Phi) is 13.1. The topological polar surface area (TPSA) is 278 Å². The second-order valence-electron chi connectivity index (χ2n) is 8.12. The number of rotatable bonds is 16. The molecule has 0 aliphatic rings. The summed E-state index contributed by atoms with van der Waals surface area (Å²) in [5.41, 5.74) is 22.1. The zero-order valence-corrected chi connectivity index (χ0v) is 20.1. The summed E-state index contributed by atoms with van der Waals surface area (Å²) < 4.78 is 0. The van der Waals surface area contributed by atoms with Gasteiger partial charge in [0.1, 0.15) is 18.1 Å². The van der Waals surface area contributed by atoms with Crippen molar-refractivity contribution in [2.24, 2.45) is 27.9 Å². The average molecular weight is 523 g/mol. The van der Waals surface area contributed by atoms with Gasteiger partial charge in [-0.2, -0.15) is 0 Å². The number of aliphatic hydroxyl groups excluding tert-OH is 1. The molecule has 0 radical (unpaired) electrons. The van der Waals surface area contributed by atoms with Crippen molar-refractivity contribution < 1.29 is 34.2 Å². The fourth-order valence-electron chi connectivity index (χ4n) is 3.13. The predicted octanol–water partition coefficient (Wildman–Crippen LogP) is -3.98. The molecule has 4 amide bonds. The average Bonchev–Trinajstić information content (AvgIpc) is 2.83. The van der Waals surface area contributed by atoms with Crippen LogP contribution in [0.5, 0.6) is 0 Å². The Morgan fingerprint density at radius 1 is 0.865 bits per heavy atom. The van der Waals surface area contributed by atoms with E-state index in [1.54, 1.807) is 30.3 Å². The van der Waals surface area contributed by atoms with Gasteiger partial charge < -0.3 is 49.1 Å². The van der Waals surface area contributed by atoms with Gasteiger partial charge >= 0.3 is 5.97 Å². The Labute approximate surface area is 213 Å². The Morgan fingerprint density at radius 2 is 1.43 bits per heavy atom. The molecular weight excluding hydrogens is 488 g/mol. The van der Waals surface area contributed by atoms with E-state index in [2.05, 4.69) is 15.6 Å². The number of primary amides is 1. The summed E-state index contributed by atoms with van der Waals surface area (Å²) in [6, 6.07) is 3.26. The molecule has 0 fully saturated rings. The first-order chi connectivity index (χ1) is 17.4.